The van der Waals surface area contributed by atoms with Crippen LogP contribution in [0.15, 0.2) is 30.3 Å². The van der Waals surface area contributed by atoms with E-state index < -0.39 is 37.1 Å². The summed E-state index contributed by atoms with van der Waals surface area (Å²) >= 11 is 0. The van der Waals surface area contributed by atoms with Crippen LogP contribution in [0, 0.1) is 0 Å². The van der Waals surface area contributed by atoms with Crippen molar-refractivity contribution in [2.24, 2.45) is 0 Å². The molecule has 4 rings (SSSR count). The van der Waals surface area contributed by atoms with Crippen LogP contribution in [0.25, 0.3) is 0 Å². The van der Waals surface area contributed by atoms with E-state index in [2.05, 4.69) is 25.1 Å². The summed E-state index contributed by atoms with van der Waals surface area (Å²) in [6.07, 6.45) is -1.06. The van der Waals surface area contributed by atoms with Gasteiger partial charge in [0, 0.05) is 0 Å². The van der Waals surface area contributed by atoms with Gasteiger partial charge in [0.2, 0.25) is 0 Å². The topological polar surface area (TPSA) is 99.4 Å². The minimum absolute atomic E-state index is 0.424. The van der Waals surface area contributed by atoms with Crippen molar-refractivity contribution in [2.45, 2.75) is 69.5 Å². The van der Waals surface area contributed by atoms with Crippen LogP contribution in [-0.2, 0) is 30.4 Å². The van der Waals surface area contributed by atoms with Crippen LogP contribution in [0.1, 0.15) is 52.8 Å². The molecule has 31 heavy (non-hydrogen) atoms. The average Bonchev–Trinajstić information content (AvgIpc) is 3.28. The number of aliphatic hydroxyl groups is 4. The summed E-state index contributed by atoms with van der Waals surface area (Å²) in [6.45, 7) is 1.66. The predicted molar refractivity (Wildman–Crippen MR) is 116 cm³/mol. The predicted octanol–water partition coefficient (Wildman–Crippen LogP) is 1.85. The average molecular weight is 429 g/mol. The van der Waals surface area contributed by atoms with E-state index in [1.54, 1.807) is 7.11 Å². The summed E-state index contributed by atoms with van der Waals surface area (Å²) in [5.74, 6) is 0.817. The maximum atomic E-state index is 10.8. The Morgan fingerprint density at radius 1 is 1.00 bits per heavy atom. The summed E-state index contributed by atoms with van der Waals surface area (Å²) in [5, 5.41) is 40.9. The lowest BCUT2D eigenvalue weighted by Gasteiger charge is -2.41. The van der Waals surface area contributed by atoms with Gasteiger partial charge in [-0.05, 0) is 77.6 Å². The van der Waals surface area contributed by atoms with Gasteiger partial charge < -0.3 is 29.9 Å². The number of benzene rings is 2. The molecule has 1 aliphatic carbocycles. The smallest absolute Gasteiger partial charge is 0.118 e. The van der Waals surface area contributed by atoms with Crippen LogP contribution in [0.2, 0.25) is 0 Å². The molecular formula is C25H32O6. The molecule has 1 saturated heterocycles. The molecule has 0 aromatic heterocycles. The maximum Gasteiger partial charge on any atom is 0.118 e. The minimum Gasteiger partial charge on any atom is -0.497 e. The molecule has 0 amide bonds. The monoisotopic (exact) mass is 428 g/mol. The molecule has 0 unspecified atom stereocenters. The quantitative estimate of drug-likeness (QED) is 0.561. The zero-order chi connectivity index (χ0) is 22.1. The van der Waals surface area contributed by atoms with E-state index in [0.717, 1.165) is 49.0 Å². The van der Waals surface area contributed by atoms with Crippen LogP contribution < -0.4 is 4.74 Å². The number of rotatable bonds is 6. The second-order valence-electron chi connectivity index (χ2n) is 8.54. The van der Waals surface area contributed by atoms with Crippen LogP contribution >= 0.6 is 0 Å². The van der Waals surface area contributed by atoms with Gasteiger partial charge >= 0.3 is 0 Å². The zero-order valence-corrected chi connectivity index (χ0v) is 18.1. The standard InChI is InChI=1S/C25H32O6/c1-3-17-19-6-4-5-18(19)15(11-14-7-9-16(30-2)10-8-14)12-20(17)25-24(29)23(28)22(27)21(13-26)31-25/h7-10,12,21-29H,3-6,11,13H2,1-2H3/t21-,22-,23+,24-,25+/m1/s1. The van der Waals surface area contributed by atoms with Gasteiger partial charge in [0.05, 0.1) is 13.7 Å². The first-order valence-electron chi connectivity index (χ1n) is 11.1. The Morgan fingerprint density at radius 2 is 1.71 bits per heavy atom. The molecule has 0 radical (unpaired) electrons. The Kier molecular flexibility index (Phi) is 6.65. The van der Waals surface area contributed by atoms with Crippen molar-refractivity contribution in [3.05, 3.63) is 63.7 Å². The van der Waals surface area contributed by atoms with Crippen LogP contribution in [-0.4, -0.2) is 58.6 Å². The Bertz CT molecular complexity index is 907. The molecular weight excluding hydrogens is 396 g/mol. The first-order valence-corrected chi connectivity index (χ1v) is 11.1. The second-order valence-corrected chi connectivity index (χ2v) is 8.54. The third-order valence-electron chi connectivity index (χ3n) is 6.75. The lowest BCUT2D eigenvalue weighted by atomic mass is 9.83. The third kappa shape index (κ3) is 4.11. The zero-order valence-electron chi connectivity index (χ0n) is 18.1. The van der Waals surface area contributed by atoms with Gasteiger partial charge in [-0.2, -0.15) is 0 Å². The van der Waals surface area contributed by atoms with Crippen molar-refractivity contribution in [3.8, 4) is 5.75 Å². The summed E-state index contributed by atoms with van der Waals surface area (Å²) in [4.78, 5) is 0. The highest BCUT2D eigenvalue weighted by Crippen LogP contribution is 2.40. The highest BCUT2D eigenvalue weighted by molar-refractivity contribution is 5.51. The summed E-state index contributed by atoms with van der Waals surface area (Å²) in [5.41, 5.74) is 7.06. The van der Waals surface area contributed by atoms with E-state index in [1.165, 1.54) is 22.3 Å². The molecule has 2 aromatic carbocycles. The molecule has 1 aliphatic heterocycles. The number of fused-ring (bicyclic) bond motifs is 1. The number of hydrogen-bond donors (Lipinski definition) is 4. The van der Waals surface area contributed by atoms with Crippen LogP contribution in [0.5, 0.6) is 5.75 Å². The van der Waals surface area contributed by atoms with Crippen molar-refractivity contribution in [1.29, 1.82) is 0 Å². The van der Waals surface area contributed by atoms with E-state index in [4.69, 9.17) is 9.47 Å². The van der Waals surface area contributed by atoms with Gasteiger partial charge in [-0.25, -0.2) is 0 Å². The molecule has 6 heteroatoms. The fourth-order valence-electron chi connectivity index (χ4n) is 5.12. The minimum atomic E-state index is -1.38. The molecule has 2 aromatic rings. The van der Waals surface area contributed by atoms with Crippen LogP contribution in [0.4, 0.5) is 0 Å². The van der Waals surface area contributed by atoms with Gasteiger partial charge in [0.25, 0.3) is 0 Å². The van der Waals surface area contributed by atoms with Gasteiger partial charge in [-0.1, -0.05) is 25.1 Å². The first-order chi connectivity index (χ1) is 15.0. The van der Waals surface area contributed by atoms with Gasteiger partial charge in [0.15, 0.2) is 0 Å². The Hall–Kier alpha value is -1.96. The van der Waals surface area contributed by atoms with Crippen molar-refractivity contribution >= 4 is 0 Å². The van der Waals surface area contributed by atoms with Crippen molar-refractivity contribution < 1.29 is 29.9 Å². The lowest BCUT2D eigenvalue weighted by molar-refractivity contribution is -0.231. The largest absolute Gasteiger partial charge is 0.497 e. The number of methoxy groups -OCH3 is 1. The molecule has 6 nitrogen and oxygen atoms in total. The van der Waals surface area contributed by atoms with Crippen LogP contribution in [0.3, 0.4) is 0 Å². The summed E-state index contributed by atoms with van der Waals surface area (Å²) in [6, 6.07) is 10.1. The molecule has 168 valence electrons. The van der Waals surface area contributed by atoms with Gasteiger partial charge in [0.1, 0.15) is 36.3 Å². The molecule has 4 N–H and O–H groups in total. The first kappa shape index (κ1) is 22.2. The highest BCUT2D eigenvalue weighted by atomic mass is 16.5. The van der Waals surface area contributed by atoms with Crippen molar-refractivity contribution in [2.75, 3.05) is 13.7 Å². The van der Waals surface area contributed by atoms with Crippen molar-refractivity contribution in [3.63, 3.8) is 0 Å². The van der Waals surface area contributed by atoms with Gasteiger partial charge in [-0.3, -0.25) is 0 Å². The number of aliphatic hydroxyl groups excluding tert-OH is 4. The molecule has 0 spiro atoms. The SMILES string of the molecule is CCc1c([C@@H]2O[C@H](CO)[C@@H](O)[C@H](O)[C@H]2O)cc(Cc2ccc(OC)cc2)c2c1CCC2. The van der Waals surface area contributed by atoms with Crippen molar-refractivity contribution in [1.82, 2.24) is 0 Å². The summed E-state index contributed by atoms with van der Waals surface area (Å²) < 4.78 is 11.2. The Labute approximate surface area is 183 Å². The highest BCUT2D eigenvalue weighted by Gasteiger charge is 2.45. The normalized spacial score (nSPS) is 27.9. The maximum absolute atomic E-state index is 10.8. The van der Waals surface area contributed by atoms with E-state index in [1.807, 2.05) is 12.1 Å². The Morgan fingerprint density at radius 3 is 2.35 bits per heavy atom. The molecule has 2 aliphatic rings. The van der Waals surface area contributed by atoms with Gasteiger partial charge in [-0.15, -0.1) is 0 Å². The second kappa shape index (κ2) is 9.27. The molecule has 5 atom stereocenters. The van der Waals surface area contributed by atoms with E-state index in [9.17, 15) is 20.4 Å². The number of hydrogen-bond acceptors (Lipinski definition) is 6. The number of ether oxygens (including phenoxy) is 2. The summed E-state index contributed by atoms with van der Waals surface area (Å²) in [7, 11) is 1.65. The fraction of sp³-hybridized carbons (Fsp3) is 0.520. The van der Waals surface area contributed by atoms with E-state index in [-0.39, 0.29) is 0 Å². The molecule has 1 heterocycles. The molecule has 1 fully saturated rings. The fourth-order valence-corrected chi connectivity index (χ4v) is 5.12. The lowest BCUT2D eigenvalue weighted by Crippen LogP contribution is -2.55. The van der Waals surface area contributed by atoms with E-state index >= 15 is 0 Å². The van der Waals surface area contributed by atoms with E-state index in [0.29, 0.717) is 0 Å². The Balaban J connectivity index is 1.76. The molecule has 0 saturated carbocycles. The third-order valence-corrected chi connectivity index (χ3v) is 6.75. The molecule has 0 bridgehead atoms.